The number of nitriles is 1. The molecule has 0 saturated heterocycles. The van der Waals surface area contributed by atoms with Gasteiger partial charge >= 0.3 is 6.18 Å². The van der Waals surface area contributed by atoms with Gasteiger partial charge in [0, 0.05) is 23.3 Å². The smallest absolute Gasteiger partial charge is 0.337 e. The number of alkyl halides is 3. The minimum Gasteiger partial charge on any atom is -0.337 e. The zero-order valence-electron chi connectivity index (χ0n) is 9.73. The van der Waals surface area contributed by atoms with Gasteiger partial charge in [0.1, 0.15) is 5.69 Å². The quantitative estimate of drug-likeness (QED) is 0.663. The predicted octanol–water partition coefficient (Wildman–Crippen LogP) is 1.97. The fourth-order valence-electron chi connectivity index (χ4n) is 1.01. The maximum absolute atomic E-state index is 12.2. The molecule has 2 atom stereocenters. The van der Waals surface area contributed by atoms with Crippen molar-refractivity contribution in [2.45, 2.75) is 18.3 Å². The first-order chi connectivity index (χ1) is 8.23. The van der Waals surface area contributed by atoms with E-state index in [1.54, 1.807) is 6.92 Å². The lowest BCUT2D eigenvalue weighted by Gasteiger charge is -2.10. The zero-order chi connectivity index (χ0) is 14.3. The van der Waals surface area contributed by atoms with Gasteiger partial charge < -0.3 is 5.73 Å². The van der Waals surface area contributed by atoms with Gasteiger partial charge in [-0.05, 0) is 18.6 Å². The summed E-state index contributed by atoms with van der Waals surface area (Å²) in [6, 6.07) is 2.21. The molecule has 0 bridgehead atoms. The van der Waals surface area contributed by atoms with Crippen molar-refractivity contribution in [1.29, 1.82) is 5.26 Å². The Labute approximate surface area is 105 Å². The van der Waals surface area contributed by atoms with E-state index in [0.29, 0.717) is 5.56 Å². The Morgan fingerprint density at radius 3 is 2.28 bits per heavy atom. The van der Waals surface area contributed by atoms with E-state index in [4.69, 9.17) is 5.26 Å². The molecule has 1 aromatic rings. The minimum atomic E-state index is -4.42. The molecule has 4 nitrogen and oxygen atoms in total. The topological polar surface area (TPSA) is 79.8 Å². The third kappa shape index (κ3) is 5.14. The number of hydrogen-bond donors (Lipinski definition) is 1. The van der Waals surface area contributed by atoms with Crippen LogP contribution in [0, 0.1) is 11.5 Å². The Morgan fingerprint density at radius 1 is 1.50 bits per heavy atom. The summed E-state index contributed by atoms with van der Waals surface area (Å²) in [4.78, 5) is 3.29. The van der Waals surface area contributed by atoms with Gasteiger partial charge in [0.2, 0.25) is 0 Å². The van der Waals surface area contributed by atoms with Crippen molar-refractivity contribution in [3.05, 3.63) is 29.6 Å². The van der Waals surface area contributed by atoms with Crippen LogP contribution in [0.1, 0.15) is 23.4 Å². The molecule has 1 rings (SSSR count). The van der Waals surface area contributed by atoms with E-state index in [-0.39, 0.29) is 5.25 Å². The van der Waals surface area contributed by atoms with Crippen molar-refractivity contribution in [2.75, 3.05) is 6.26 Å². The Hall–Kier alpha value is -1.62. The second-order valence-electron chi connectivity index (χ2n) is 3.24. The summed E-state index contributed by atoms with van der Waals surface area (Å²) in [5.41, 5.74) is 3.77. The van der Waals surface area contributed by atoms with Crippen molar-refractivity contribution in [3.8, 4) is 6.19 Å². The first kappa shape index (κ1) is 16.4. The van der Waals surface area contributed by atoms with Crippen LogP contribution in [0.15, 0.2) is 18.3 Å². The van der Waals surface area contributed by atoms with Gasteiger partial charge in [-0.3, -0.25) is 9.19 Å². The average Bonchev–Trinajstić information content (AvgIpc) is 2.28. The van der Waals surface area contributed by atoms with Crippen LogP contribution < -0.4 is 5.73 Å². The fourth-order valence-corrected chi connectivity index (χ4v) is 1.53. The third-order valence-electron chi connectivity index (χ3n) is 2.04. The van der Waals surface area contributed by atoms with Gasteiger partial charge in [0.25, 0.3) is 0 Å². The summed E-state index contributed by atoms with van der Waals surface area (Å²) in [7, 11) is -1.11. The molecular formula is C10H12F3N3OS. The zero-order valence-corrected chi connectivity index (χ0v) is 10.5. The van der Waals surface area contributed by atoms with Gasteiger partial charge in [-0.1, -0.05) is 6.07 Å². The highest BCUT2D eigenvalue weighted by Gasteiger charge is 2.32. The number of aromatic nitrogens is 1. The second kappa shape index (κ2) is 6.96. The van der Waals surface area contributed by atoms with Crippen LogP contribution in [0.4, 0.5) is 13.2 Å². The molecule has 0 spiro atoms. The van der Waals surface area contributed by atoms with Gasteiger partial charge in [-0.25, -0.2) is 0 Å². The minimum absolute atomic E-state index is 0.306. The molecule has 0 aliphatic heterocycles. The summed E-state index contributed by atoms with van der Waals surface area (Å²) in [6.07, 6.45) is -0.551. The van der Waals surface area contributed by atoms with Crippen LogP contribution >= 0.6 is 0 Å². The number of hydrogen-bond acceptors (Lipinski definition) is 4. The van der Waals surface area contributed by atoms with E-state index < -0.39 is 22.7 Å². The fraction of sp³-hybridized carbons (Fsp3) is 0.400. The van der Waals surface area contributed by atoms with Crippen LogP contribution in [0.5, 0.6) is 0 Å². The van der Waals surface area contributed by atoms with Crippen LogP contribution in [0.2, 0.25) is 0 Å². The molecule has 100 valence electrons. The van der Waals surface area contributed by atoms with E-state index in [0.717, 1.165) is 12.3 Å². The molecule has 1 heterocycles. The summed E-state index contributed by atoms with van der Waals surface area (Å²) >= 11 is 0. The van der Waals surface area contributed by atoms with Gasteiger partial charge in [0.05, 0.1) is 5.25 Å². The summed E-state index contributed by atoms with van der Waals surface area (Å²) < 4.78 is 47.6. The molecular weight excluding hydrogens is 267 g/mol. The number of nitrogens with zero attached hydrogens (tertiary/aromatic N) is 2. The molecule has 0 saturated carbocycles. The molecule has 2 N–H and O–H groups in total. The van der Waals surface area contributed by atoms with E-state index in [9.17, 15) is 17.4 Å². The lowest BCUT2D eigenvalue weighted by atomic mass is 10.2. The molecule has 2 unspecified atom stereocenters. The summed E-state index contributed by atoms with van der Waals surface area (Å²) in [5, 5.41) is 6.79. The average molecular weight is 279 g/mol. The highest BCUT2D eigenvalue weighted by molar-refractivity contribution is 7.84. The maximum Gasteiger partial charge on any atom is 0.433 e. The first-order valence-electron chi connectivity index (χ1n) is 4.69. The van der Waals surface area contributed by atoms with Gasteiger partial charge in [0.15, 0.2) is 6.19 Å². The second-order valence-corrected chi connectivity index (χ2v) is 4.95. The van der Waals surface area contributed by atoms with Crippen LogP contribution in [-0.4, -0.2) is 15.4 Å². The van der Waals surface area contributed by atoms with E-state index in [1.807, 2.05) is 0 Å². The lowest BCUT2D eigenvalue weighted by Crippen LogP contribution is -2.09. The molecule has 1 aromatic heterocycles. The molecule has 0 fully saturated rings. The van der Waals surface area contributed by atoms with E-state index in [2.05, 4.69) is 10.7 Å². The largest absolute Gasteiger partial charge is 0.433 e. The predicted molar refractivity (Wildman–Crippen MR) is 61.5 cm³/mol. The van der Waals surface area contributed by atoms with Crippen molar-refractivity contribution in [3.63, 3.8) is 0 Å². The number of rotatable bonds is 2. The Balaban J connectivity index is 0.000000873. The Morgan fingerprint density at radius 2 is 2.00 bits per heavy atom. The van der Waals surface area contributed by atoms with E-state index in [1.165, 1.54) is 18.5 Å². The molecule has 0 radical (unpaired) electrons. The summed E-state index contributed by atoms with van der Waals surface area (Å²) in [5.74, 6) is 0. The van der Waals surface area contributed by atoms with E-state index >= 15 is 0 Å². The highest BCUT2D eigenvalue weighted by atomic mass is 32.2. The van der Waals surface area contributed by atoms with Crippen molar-refractivity contribution >= 4 is 10.8 Å². The monoisotopic (exact) mass is 279 g/mol. The van der Waals surface area contributed by atoms with Gasteiger partial charge in [-0.15, -0.1) is 0 Å². The van der Waals surface area contributed by atoms with Crippen molar-refractivity contribution in [2.24, 2.45) is 5.73 Å². The third-order valence-corrected chi connectivity index (χ3v) is 3.31. The molecule has 0 aliphatic carbocycles. The van der Waals surface area contributed by atoms with Crippen molar-refractivity contribution in [1.82, 2.24) is 4.98 Å². The van der Waals surface area contributed by atoms with Crippen LogP contribution in [-0.2, 0) is 17.0 Å². The SMILES string of the molecule is CC(c1ccc(C(F)(F)F)nc1)S(C)=O.N#CN. The Bertz CT molecular complexity index is 439. The van der Waals surface area contributed by atoms with Crippen LogP contribution in [0.3, 0.4) is 0 Å². The normalized spacial score (nSPS) is 13.8. The van der Waals surface area contributed by atoms with Crippen molar-refractivity contribution < 1.29 is 17.4 Å². The summed E-state index contributed by atoms with van der Waals surface area (Å²) in [6.45, 7) is 1.68. The Kier molecular flexibility index (Phi) is 6.33. The number of pyridine rings is 1. The number of nitrogens with two attached hydrogens (primary N) is 1. The molecule has 0 aliphatic rings. The molecule has 8 heteroatoms. The van der Waals surface area contributed by atoms with Crippen LogP contribution in [0.25, 0.3) is 0 Å². The van der Waals surface area contributed by atoms with Gasteiger partial charge in [-0.2, -0.15) is 18.4 Å². The number of halogens is 3. The highest BCUT2D eigenvalue weighted by Crippen LogP contribution is 2.28. The standard InChI is InChI=1S/C9H10F3NOS.CH2N2/c1-6(15(2)14)7-3-4-8(13-5-7)9(10,11)12;2-1-3/h3-6H,1-2H3;2H2. The maximum atomic E-state index is 12.2. The lowest BCUT2D eigenvalue weighted by molar-refractivity contribution is -0.141. The molecule has 0 amide bonds. The molecule has 0 aromatic carbocycles. The molecule has 18 heavy (non-hydrogen) atoms. The first-order valence-corrected chi connectivity index (χ1v) is 6.31.